The molecule has 2 heterocycles. The first-order valence-electron chi connectivity index (χ1n) is 6.67. The summed E-state index contributed by atoms with van der Waals surface area (Å²) in [5, 5.41) is 14.0. The van der Waals surface area contributed by atoms with Crippen molar-refractivity contribution in [1.82, 2.24) is 9.97 Å². The molecule has 1 aromatic rings. The van der Waals surface area contributed by atoms with E-state index in [-0.39, 0.29) is 11.5 Å². The lowest BCUT2D eigenvalue weighted by Crippen LogP contribution is -2.39. The van der Waals surface area contributed by atoms with Crippen LogP contribution in [0.25, 0.3) is 0 Å². The Balaban J connectivity index is 2.47. The normalized spacial score (nSPS) is 22.6. The average molecular weight is 280 g/mol. The Labute approximate surface area is 117 Å². The van der Waals surface area contributed by atoms with Crippen molar-refractivity contribution in [1.29, 1.82) is 0 Å². The van der Waals surface area contributed by atoms with Crippen LogP contribution >= 0.6 is 0 Å². The van der Waals surface area contributed by atoms with E-state index < -0.39 is 4.92 Å². The third kappa shape index (κ3) is 2.73. The summed E-state index contributed by atoms with van der Waals surface area (Å²) in [7, 11) is 1.66. The standard InChI is InChI=1S/C12H20N6O2/c1-7-4-8(2)6-17(5-7)11-9(18(19)20)10(13)15-12(14-3)16-11/h7-8H,4-6H2,1-3H3,(H3,13,14,15,16)/t7-,8+. The summed E-state index contributed by atoms with van der Waals surface area (Å²) >= 11 is 0. The van der Waals surface area contributed by atoms with Crippen LogP contribution in [-0.4, -0.2) is 35.0 Å². The van der Waals surface area contributed by atoms with E-state index in [4.69, 9.17) is 5.73 Å². The smallest absolute Gasteiger partial charge is 0.353 e. The number of nitrogens with zero attached hydrogens (tertiary/aromatic N) is 4. The minimum Gasteiger partial charge on any atom is -0.378 e. The molecule has 8 nitrogen and oxygen atoms in total. The van der Waals surface area contributed by atoms with Crippen LogP contribution in [0.2, 0.25) is 0 Å². The molecule has 0 bridgehead atoms. The Bertz CT molecular complexity index is 511. The van der Waals surface area contributed by atoms with Gasteiger partial charge in [0.2, 0.25) is 17.6 Å². The highest BCUT2D eigenvalue weighted by Crippen LogP contribution is 2.35. The first-order valence-corrected chi connectivity index (χ1v) is 6.67. The van der Waals surface area contributed by atoms with Crippen LogP contribution in [0, 0.1) is 22.0 Å². The van der Waals surface area contributed by atoms with Gasteiger partial charge in [-0.2, -0.15) is 9.97 Å². The van der Waals surface area contributed by atoms with Crippen molar-refractivity contribution in [2.45, 2.75) is 20.3 Å². The highest BCUT2D eigenvalue weighted by Gasteiger charge is 2.31. The van der Waals surface area contributed by atoms with Crippen LogP contribution in [0.5, 0.6) is 0 Å². The SMILES string of the molecule is CNc1nc(N)c([N+](=O)[O-])c(N2C[C@H](C)C[C@H](C)C2)n1. The number of nitrogen functional groups attached to an aromatic ring is 1. The van der Waals surface area contributed by atoms with Crippen LogP contribution in [0.15, 0.2) is 0 Å². The number of rotatable bonds is 3. The molecular weight excluding hydrogens is 260 g/mol. The predicted octanol–water partition coefficient (Wildman–Crippen LogP) is 1.49. The topological polar surface area (TPSA) is 110 Å². The van der Waals surface area contributed by atoms with Gasteiger partial charge >= 0.3 is 5.69 Å². The minimum atomic E-state index is -0.506. The maximum Gasteiger partial charge on any atom is 0.353 e. The molecule has 2 atom stereocenters. The maximum absolute atomic E-state index is 11.2. The zero-order valence-corrected chi connectivity index (χ0v) is 12.0. The van der Waals surface area contributed by atoms with Gasteiger partial charge in [0.05, 0.1) is 4.92 Å². The monoisotopic (exact) mass is 280 g/mol. The summed E-state index contributed by atoms with van der Waals surface area (Å²) in [5.74, 6) is 1.44. The van der Waals surface area contributed by atoms with E-state index >= 15 is 0 Å². The van der Waals surface area contributed by atoms with Crippen LogP contribution in [0.4, 0.5) is 23.3 Å². The lowest BCUT2D eigenvalue weighted by atomic mass is 9.92. The van der Waals surface area contributed by atoms with Gasteiger partial charge in [-0.05, 0) is 18.3 Å². The number of aromatic nitrogens is 2. The van der Waals surface area contributed by atoms with Crippen molar-refractivity contribution >= 4 is 23.3 Å². The van der Waals surface area contributed by atoms with Gasteiger partial charge in [0.15, 0.2) is 0 Å². The van der Waals surface area contributed by atoms with Gasteiger partial charge in [0, 0.05) is 20.1 Å². The highest BCUT2D eigenvalue weighted by molar-refractivity contribution is 5.71. The first kappa shape index (κ1) is 14.3. The summed E-state index contributed by atoms with van der Waals surface area (Å²) in [6.07, 6.45) is 1.11. The first-order chi connectivity index (χ1) is 9.42. The Morgan fingerprint density at radius 1 is 1.35 bits per heavy atom. The molecule has 1 saturated heterocycles. The van der Waals surface area contributed by atoms with Crippen LogP contribution in [0.3, 0.4) is 0 Å². The van der Waals surface area contributed by atoms with Gasteiger partial charge in [-0.25, -0.2) is 0 Å². The molecule has 8 heteroatoms. The van der Waals surface area contributed by atoms with Crippen LogP contribution < -0.4 is 16.0 Å². The molecule has 1 aromatic heterocycles. The molecule has 1 fully saturated rings. The van der Waals surface area contributed by atoms with E-state index in [1.807, 2.05) is 4.90 Å². The summed E-state index contributed by atoms with van der Waals surface area (Å²) in [6.45, 7) is 5.76. The number of hydrogen-bond acceptors (Lipinski definition) is 7. The lowest BCUT2D eigenvalue weighted by molar-refractivity contribution is -0.383. The highest BCUT2D eigenvalue weighted by atomic mass is 16.6. The third-order valence-electron chi connectivity index (χ3n) is 3.47. The zero-order chi connectivity index (χ0) is 14.9. The molecule has 20 heavy (non-hydrogen) atoms. The van der Waals surface area contributed by atoms with Crippen LogP contribution in [-0.2, 0) is 0 Å². The number of anilines is 3. The number of hydrogen-bond donors (Lipinski definition) is 2. The second-order valence-electron chi connectivity index (χ2n) is 5.46. The molecule has 0 aliphatic carbocycles. The molecule has 1 aliphatic rings. The quantitative estimate of drug-likeness (QED) is 0.637. The van der Waals surface area contributed by atoms with Gasteiger partial charge in [-0.15, -0.1) is 0 Å². The van der Waals surface area contributed by atoms with Gasteiger partial charge in [0.25, 0.3) is 0 Å². The minimum absolute atomic E-state index is 0.102. The Hall–Kier alpha value is -2.12. The molecule has 0 amide bonds. The van der Waals surface area contributed by atoms with Gasteiger partial charge in [-0.3, -0.25) is 10.1 Å². The van der Waals surface area contributed by atoms with E-state index in [0.29, 0.717) is 23.6 Å². The average Bonchev–Trinajstić information content (AvgIpc) is 2.35. The van der Waals surface area contributed by atoms with E-state index in [2.05, 4.69) is 29.1 Å². The maximum atomic E-state index is 11.2. The number of nitro groups is 1. The third-order valence-corrected chi connectivity index (χ3v) is 3.47. The van der Waals surface area contributed by atoms with Crippen molar-refractivity contribution < 1.29 is 4.92 Å². The fourth-order valence-electron chi connectivity index (χ4n) is 2.80. The summed E-state index contributed by atoms with van der Waals surface area (Å²) < 4.78 is 0. The number of nitrogens with one attached hydrogen (secondary N) is 1. The zero-order valence-electron chi connectivity index (χ0n) is 12.0. The Morgan fingerprint density at radius 3 is 2.45 bits per heavy atom. The summed E-state index contributed by atoms with van der Waals surface area (Å²) in [4.78, 5) is 20.8. The number of piperidine rings is 1. The molecule has 0 spiro atoms. The van der Waals surface area contributed by atoms with Gasteiger partial charge in [0.1, 0.15) is 0 Å². The fraction of sp³-hybridized carbons (Fsp3) is 0.667. The van der Waals surface area contributed by atoms with Crippen molar-refractivity contribution in [3.8, 4) is 0 Å². The lowest BCUT2D eigenvalue weighted by Gasteiger charge is -2.35. The second kappa shape index (κ2) is 5.48. The van der Waals surface area contributed by atoms with Gasteiger partial charge < -0.3 is 16.0 Å². The molecular formula is C12H20N6O2. The predicted molar refractivity (Wildman–Crippen MR) is 77.8 cm³/mol. The van der Waals surface area contributed by atoms with Gasteiger partial charge in [-0.1, -0.05) is 13.8 Å². The Morgan fingerprint density at radius 2 is 1.95 bits per heavy atom. The molecule has 1 aliphatic heterocycles. The summed E-state index contributed by atoms with van der Waals surface area (Å²) in [6, 6.07) is 0. The number of nitrogens with two attached hydrogens (primary N) is 1. The molecule has 0 radical (unpaired) electrons. The Kier molecular flexibility index (Phi) is 3.91. The van der Waals surface area contributed by atoms with E-state index in [0.717, 1.165) is 19.5 Å². The van der Waals surface area contributed by atoms with Crippen molar-refractivity contribution in [3.63, 3.8) is 0 Å². The fourth-order valence-corrected chi connectivity index (χ4v) is 2.80. The molecule has 0 saturated carbocycles. The van der Waals surface area contributed by atoms with Crippen LogP contribution in [0.1, 0.15) is 20.3 Å². The molecule has 2 rings (SSSR count). The van der Waals surface area contributed by atoms with Crippen molar-refractivity contribution in [2.75, 3.05) is 36.1 Å². The second-order valence-corrected chi connectivity index (χ2v) is 5.46. The molecule has 0 aromatic carbocycles. The molecule has 110 valence electrons. The van der Waals surface area contributed by atoms with E-state index in [9.17, 15) is 10.1 Å². The van der Waals surface area contributed by atoms with Crippen molar-refractivity contribution in [2.24, 2.45) is 11.8 Å². The van der Waals surface area contributed by atoms with E-state index in [1.165, 1.54) is 0 Å². The molecule has 3 N–H and O–H groups in total. The summed E-state index contributed by atoms with van der Waals surface area (Å²) in [5.41, 5.74) is 5.51. The van der Waals surface area contributed by atoms with Crippen molar-refractivity contribution in [3.05, 3.63) is 10.1 Å². The molecule has 0 unspecified atom stereocenters. The largest absolute Gasteiger partial charge is 0.378 e. The van der Waals surface area contributed by atoms with E-state index in [1.54, 1.807) is 7.05 Å².